The summed E-state index contributed by atoms with van der Waals surface area (Å²) in [5.41, 5.74) is 5.59. The van der Waals surface area contributed by atoms with E-state index in [0.717, 1.165) is 25.9 Å². The summed E-state index contributed by atoms with van der Waals surface area (Å²) in [4.78, 5) is 14.4. The Morgan fingerprint density at radius 1 is 1.35 bits per heavy atom. The van der Waals surface area contributed by atoms with E-state index in [1.54, 1.807) is 0 Å². The molecule has 1 aliphatic carbocycles. The van der Waals surface area contributed by atoms with Gasteiger partial charge in [-0.2, -0.15) is 0 Å². The van der Waals surface area contributed by atoms with E-state index in [1.165, 1.54) is 19.3 Å². The minimum Gasteiger partial charge on any atom is -0.465 e. The van der Waals surface area contributed by atoms with Gasteiger partial charge in [0, 0.05) is 6.54 Å². The van der Waals surface area contributed by atoms with E-state index in [2.05, 4.69) is 4.90 Å². The van der Waals surface area contributed by atoms with E-state index >= 15 is 0 Å². The van der Waals surface area contributed by atoms with E-state index in [1.807, 2.05) is 6.92 Å². The van der Waals surface area contributed by atoms with Crippen molar-refractivity contribution in [2.24, 2.45) is 11.7 Å². The van der Waals surface area contributed by atoms with Crippen molar-refractivity contribution in [1.82, 2.24) is 4.90 Å². The fraction of sp³-hybridized carbons (Fsp3) is 0.923. The molecule has 0 amide bonds. The van der Waals surface area contributed by atoms with Gasteiger partial charge >= 0.3 is 5.97 Å². The number of hydrogen-bond donors (Lipinski definition) is 1. The third-order valence-corrected chi connectivity index (χ3v) is 3.90. The third kappa shape index (κ3) is 2.99. The molecule has 1 aliphatic heterocycles. The quantitative estimate of drug-likeness (QED) is 0.732. The zero-order valence-corrected chi connectivity index (χ0v) is 10.8. The second-order valence-corrected chi connectivity index (χ2v) is 5.37. The van der Waals surface area contributed by atoms with Crippen molar-refractivity contribution in [2.45, 2.75) is 44.6 Å². The van der Waals surface area contributed by atoms with E-state index in [4.69, 9.17) is 10.5 Å². The van der Waals surface area contributed by atoms with Crippen molar-refractivity contribution in [3.05, 3.63) is 0 Å². The van der Waals surface area contributed by atoms with Gasteiger partial charge in [-0.1, -0.05) is 6.42 Å². The van der Waals surface area contributed by atoms with Gasteiger partial charge in [0.25, 0.3) is 0 Å². The van der Waals surface area contributed by atoms with Crippen LogP contribution in [0.4, 0.5) is 0 Å². The maximum atomic E-state index is 12.0. The average Bonchev–Trinajstić information content (AvgIpc) is 3.14. The van der Waals surface area contributed by atoms with Gasteiger partial charge in [0.15, 0.2) is 0 Å². The molecule has 1 saturated carbocycles. The van der Waals surface area contributed by atoms with Crippen LogP contribution in [0.2, 0.25) is 0 Å². The van der Waals surface area contributed by atoms with Crippen molar-refractivity contribution >= 4 is 5.97 Å². The first kappa shape index (κ1) is 12.8. The van der Waals surface area contributed by atoms with Gasteiger partial charge in [-0.3, -0.25) is 0 Å². The van der Waals surface area contributed by atoms with Crippen LogP contribution in [0.1, 0.15) is 39.0 Å². The minimum absolute atomic E-state index is 0.201. The first-order valence-electron chi connectivity index (χ1n) is 6.85. The van der Waals surface area contributed by atoms with Gasteiger partial charge in [0.05, 0.1) is 6.61 Å². The zero-order chi connectivity index (χ0) is 12.3. The second-order valence-electron chi connectivity index (χ2n) is 5.37. The summed E-state index contributed by atoms with van der Waals surface area (Å²) in [5, 5.41) is 0. The molecule has 0 aromatic carbocycles. The molecule has 1 saturated heterocycles. The van der Waals surface area contributed by atoms with Crippen molar-refractivity contribution in [2.75, 3.05) is 26.2 Å². The lowest BCUT2D eigenvalue weighted by Crippen LogP contribution is -2.59. The fourth-order valence-electron chi connectivity index (χ4n) is 2.71. The molecule has 1 heterocycles. The van der Waals surface area contributed by atoms with Crippen LogP contribution in [0, 0.1) is 5.92 Å². The molecule has 2 aliphatic rings. The highest BCUT2D eigenvalue weighted by atomic mass is 16.5. The van der Waals surface area contributed by atoms with Crippen molar-refractivity contribution < 1.29 is 9.53 Å². The second kappa shape index (κ2) is 5.36. The molecular formula is C13H24N2O2. The standard InChI is InChI=1S/C13H24N2O2/c1-2-17-12(16)13(14,11-6-7-11)10-15-8-4-3-5-9-15/h11H,2-10,14H2,1H3. The van der Waals surface area contributed by atoms with Crippen LogP contribution in [0.5, 0.6) is 0 Å². The molecule has 4 nitrogen and oxygen atoms in total. The summed E-state index contributed by atoms with van der Waals surface area (Å²) in [5.74, 6) is 0.136. The maximum Gasteiger partial charge on any atom is 0.327 e. The van der Waals surface area contributed by atoms with Crippen LogP contribution in [-0.2, 0) is 9.53 Å². The number of rotatable bonds is 5. The Hall–Kier alpha value is -0.610. The van der Waals surface area contributed by atoms with E-state index < -0.39 is 5.54 Å². The molecule has 0 aromatic heterocycles. The number of hydrogen-bond acceptors (Lipinski definition) is 4. The summed E-state index contributed by atoms with van der Waals surface area (Å²) >= 11 is 0. The molecule has 0 bridgehead atoms. The highest BCUT2D eigenvalue weighted by Gasteiger charge is 2.50. The van der Waals surface area contributed by atoms with Crippen LogP contribution >= 0.6 is 0 Å². The molecule has 0 radical (unpaired) electrons. The largest absolute Gasteiger partial charge is 0.465 e. The molecular weight excluding hydrogens is 216 g/mol. The Bertz CT molecular complexity index is 273. The molecule has 2 rings (SSSR count). The van der Waals surface area contributed by atoms with E-state index in [0.29, 0.717) is 19.1 Å². The smallest absolute Gasteiger partial charge is 0.327 e. The Balaban J connectivity index is 1.97. The van der Waals surface area contributed by atoms with Gasteiger partial charge in [0.2, 0.25) is 0 Å². The van der Waals surface area contributed by atoms with E-state index in [-0.39, 0.29) is 5.97 Å². The molecule has 98 valence electrons. The first-order chi connectivity index (χ1) is 8.16. The van der Waals surface area contributed by atoms with Crippen molar-refractivity contribution in [1.29, 1.82) is 0 Å². The molecule has 0 spiro atoms. The van der Waals surface area contributed by atoms with Crippen LogP contribution < -0.4 is 5.73 Å². The molecule has 1 unspecified atom stereocenters. The van der Waals surface area contributed by atoms with Gasteiger partial charge in [0.1, 0.15) is 5.54 Å². The zero-order valence-electron chi connectivity index (χ0n) is 10.8. The fourth-order valence-corrected chi connectivity index (χ4v) is 2.71. The predicted octanol–water partition coefficient (Wildman–Crippen LogP) is 1.14. The highest BCUT2D eigenvalue weighted by molar-refractivity contribution is 5.82. The average molecular weight is 240 g/mol. The molecule has 4 heteroatoms. The third-order valence-electron chi connectivity index (χ3n) is 3.90. The Kier molecular flexibility index (Phi) is 4.05. The number of ether oxygens (including phenoxy) is 1. The van der Waals surface area contributed by atoms with Crippen molar-refractivity contribution in [3.63, 3.8) is 0 Å². The topological polar surface area (TPSA) is 55.6 Å². The van der Waals surface area contributed by atoms with Crippen LogP contribution in [0.25, 0.3) is 0 Å². The molecule has 0 aromatic rings. The summed E-state index contributed by atoms with van der Waals surface area (Å²) in [6, 6.07) is 0. The number of esters is 1. The maximum absolute atomic E-state index is 12.0. The van der Waals surface area contributed by atoms with E-state index in [9.17, 15) is 4.79 Å². The Morgan fingerprint density at radius 2 is 2.00 bits per heavy atom. The number of nitrogens with zero attached hydrogens (tertiary/aromatic N) is 1. The minimum atomic E-state index is -0.757. The molecule has 2 N–H and O–H groups in total. The number of piperidine rings is 1. The lowest BCUT2D eigenvalue weighted by molar-refractivity contribution is -0.151. The SMILES string of the molecule is CCOC(=O)C(N)(CN1CCCCC1)C1CC1. The number of carbonyl (C=O) groups excluding carboxylic acids is 1. The normalized spacial score (nSPS) is 25.3. The molecule has 1 atom stereocenters. The van der Waals surface area contributed by atoms with Crippen molar-refractivity contribution in [3.8, 4) is 0 Å². The highest BCUT2D eigenvalue weighted by Crippen LogP contribution is 2.39. The van der Waals surface area contributed by atoms with Crippen LogP contribution in [0.3, 0.4) is 0 Å². The number of nitrogens with two attached hydrogens (primary N) is 1. The van der Waals surface area contributed by atoms with Gasteiger partial charge in [-0.15, -0.1) is 0 Å². The van der Waals surface area contributed by atoms with Gasteiger partial charge in [-0.05, 0) is 51.6 Å². The Morgan fingerprint density at radius 3 is 2.53 bits per heavy atom. The lowest BCUT2D eigenvalue weighted by atomic mass is 9.93. The lowest BCUT2D eigenvalue weighted by Gasteiger charge is -2.35. The summed E-state index contributed by atoms with van der Waals surface area (Å²) in [6.45, 7) is 5.09. The predicted molar refractivity (Wildman–Crippen MR) is 66.6 cm³/mol. The summed E-state index contributed by atoms with van der Waals surface area (Å²) in [7, 11) is 0. The summed E-state index contributed by atoms with van der Waals surface area (Å²) in [6.07, 6.45) is 5.90. The van der Waals surface area contributed by atoms with Crippen LogP contribution in [-0.4, -0.2) is 42.6 Å². The number of likely N-dealkylation sites (tertiary alicyclic amines) is 1. The molecule has 2 fully saturated rings. The van der Waals surface area contributed by atoms with Crippen LogP contribution in [0.15, 0.2) is 0 Å². The Labute approximate surface area is 103 Å². The monoisotopic (exact) mass is 240 g/mol. The first-order valence-corrected chi connectivity index (χ1v) is 6.85. The van der Waals surface area contributed by atoms with Gasteiger partial charge < -0.3 is 15.4 Å². The molecule has 17 heavy (non-hydrogen) atoms. The summed E-state index contributed by atoms with van der Waals surface area (Å²) < 4.78 is 5.16. The number of carbonyl (C=O) groups is 1. The van der Waals surface area contributed by atoms with Gasteiger partial charge in [-0.25, -0.2) is 4.79 Å².